The van der Waals surface area contributed by atoms with Crippen LogP contribution in [-0.4, -0.2) is 29.8 Å². The largest absolute Gasteiger partial charge is 0.442 e. The van der Waals surface area contributed by atoms with Gasteiger partial charge in [0.25, 0.3) is 0 Å². The summed E-state index contributed by atoms with van der Waals surface area (Å²) in [5, 5.41) is 7.65. The van der Waals surface area contributed by atoms with Crippen molar-refractivity contribution in [1.29, 1.82) is 0 Å². The number of hydrogen-bond donors (Lipinski definition) is 0. The molecule has 0 saturated carbocycles. The minimum Gasteiger partial charge on any atom is -0.337 e. The lowest BCUT2D eigenvalue weighted by Gasteiger charge is -2.00. The molecule has 0 saturated heterocycles. The second kappa shape index (κ2) is 6.51. The zero-order valence-corrected chi connectivity index (χ0v) is 12.8. The fraction of sp³-hybridized carbons (Fsp3) is 0.429. The minimum atomic E-state index is -0.618. The van der Waals surface area contributed by atoms with Gasteiger partial charge in [0.15, 0.2) is 5.82 Å². The van der Waals surface area contributed by atoms with Gasteiger partial charge in [-0.1, -0.05) is 24.2 Å². The Kier molecular flexibility index (Phi) is 4.26. The average Bonchev–Trinajstić information content (AvgIpc) is 3.14. The highest BCUT2D eigenvalue weighted by molar-refractivity contribution is 5.46. The van der Waals surface area contributed by atoms with Crippen LogP contribution in [-0.2, 0) is 13.0 Å². The van der Waals surface area contributed by atoms with E-state index in [-0.39, 0.29) is 12.4 Å². The maximum Gasteiger partial charge on any atom is 0.442 e. The summed E-state index contributed by atoms with van der Waals surface area (Å²) in [5.41, 5.74) is 0.429. The van der Waals surface area contributed by atoms with Crippen LogP contribution in [0.5, 0.6) is 0 Å². The van der Waals surface area contributed by atoms with Crippen molar-refractivity contribution in [3.05, 3.63) is 40.9 Å². The van der Waals surface area contributed by atoms with Crippen molar-refractivity contribution >= 4 is 0 Å². The van der Waals surface area contributed by atoms with Gasteiger partial charge >= 0.3 is 5.76 Å². The molecule has 0 amide bonds. The quantitative estimate of drug-likeness (QED) is 0.669. The van der Waals surface area contributed by atoms with Gasteiger partial charge in [-0.3, -0.25) is 9.51 Å². The Bertz CT molecular complexity index is 820. The Morgan fingerprint density at radius 1 is 1.22 bits per heavy atom. The van der Waals surface area contributed by atoms with E-state index < -0.39 is 5.76 Å². The molecule has 0 atom stereocenters. The summed E-state index contributed by atoms with van der Waals surface area (Å²) in [7, 11) is 0. The van der Waals surface area contributed by atoms with E-state index in [1.54, 1.807) is 0 Å². The van der Waals surface area contributed by atoms with E-state index in [1.807, 2.05) is 0 Å². The van der Waals surface area contributed by atoms with E-state index in [0.29, 0.717) is 23.3 Å². The topological polar surface area (TPSA) is 113 Å². The molecule has 0 bridgehead atoms. The Morgan fingerprint density at radius 3 is 2.83 bits per heavy atom. The third-order valence-electron chi connectivity index (χ3n) is 3.23. The molecule has 3 heterocycles. The van der Waals surface area contributed by atoms with E-state index in [0.717, 1.165) is 12.8 Å². The summed E-state index contributed by atoms with van der Waals surface area (Å²) in [5.74, 6) is 1.15. The highest BCUT2D eigenvalue weighted by Crippen LogP contribution is 2.13. The van der Waals surface area contributed by atoms with Crippen molar-refractivity contribution in [2.24, 2.45) is 5.92 Å². The molecule has 0 radical (unpaired) electrons. The van der Waals surface area contributed by atoms with E-state index in [9.17, 15) is 4.79 Å². The molecule has 0 N–H and O–H groups in total. The molecule has 9 nitrogen and oxygen atoms in total. The minimum absolute atomic E-state index is 0.0723. The fourth-order valence-electron chi connectivity index (χ4n) is 2.02. The van der Waals surface area contributed by atoms with Crippen LogP contribution in [0.15, 0.2) is 32.4 Å². The van der Waals surface area contributed by atoms with E-state index >= 15 is 0 Å². The van der Waals surface area contributed by atoms with Gasteiger partial charge < -0.3 is 4.52 Å². The Hall–Kier alpha value is -2.84. The van der Waals surface area contributed by atoms with Crippen LogP contribution in [0.3, 0.4) is 0 Å². The lowest BCUT2D eigenvalue weighted by Crippen LogP contribution is -2.17. The molecule has 120 valence electrons. The maximum atomic E-state index is 11.8. The number of aryl methyl sites for hydroxylation is 1. The van der Waals surface area contributed by atoms with Crippen molar-refractivity contribution < 1.29 is 9.05 Å². The zero-order chi connectivity index (χ0) is 16.2. The number of hydrogen-bond acceptors (Lipinski definition) is 8. The highest BCUT2D eigenvalue weighted by Gasteiger charge is 2.17. The fourth-order valence-corrected chi connectivity index (χ4v) is 2.02. The molecule has 0 spiro atoms. The molecule has 0 unspecified atom stereocenters. The Balaban J connectivity index is 1.81. The normalized spacial score (nSPS) is 11.3. The average molecular weight is 316 g/mol. The lowest BCUT2D eigenvalue weighted by molar-refractivity contribution is 0.350. The van der Waals surface area contributed by atoms with Gasteiger partial charge in [0, 0.05) is 18.8 Å². The van der Waals surface area contributed by atoms with Crippen molar-refractivity contribution in [3.8, 4) is 11.5 Å². The molecular weight excluding hydrogens is 300 g/mol. The van der Waals surface area contributed by atoms with Gasteiger partial charge in [-0.05, 0) is 12.3 Å². The van der Waals surface area contributed by atoms with Crippen molar-refractivity contribution in [3.63, 3.8) is 0 Å². The molecule has 0 aromatic carbocycles. The van der Waals surface area contributed by atoms with Gasteiger partial charge in [0.1, 0.15) is 12.2 Å². The van der Waals surface area contributed by atoms with Crippen LogP contribution < -0.4 is 5.76 Å². The van der Waals surface area contributed by atoms with Crippen molar-refractivity contribution in [2.45, 2.75) is 33.2 Å². The second-order valence-corrected chi connectivity index (χ2v) is 5.49. The summed E-state index contributed by atoms with van der Waals surface area (Å²) < 4.78 is 11.2. The summed E-state index contributed by atoms with van der Waals surface area (Å²) in [4.78, 5) is 24.2. The summed E-state index contributed by atoms with van der Waals surface area (Å²) >= 11 is 0. The van der Waals surface area contributed by atoms with Crippen LogP contribution in [0.4, 0.5) is 0 Å². The number of rotatable bonds is 6. The van der Waals surface area contributed by atoms with Crippen LogP contribution >= 0.6 is 0 Å². The van der Waals surface area contributed by atoms with Crippen LogP contribution in [0.2, 0.25) is 0 Å². The molecule has 0 aliphatic rings. The van der Waals surface area contributed by atoms with Gasteiger partial charge in [-0.25, -0.2) is 14.3 Å². The molecule has 23 heavy (non-hydrogen) atoms. The monoisotopic (exact) mass is 316 g/mol. The van der Waals surface area contributed by atoms with Crippen molar-refractivity contribution in [1.82, 2.24) is 29.8 Å². The smallest absolute Gasteiger partial charge is 0.337 e. The number of aromatic nitrogens is 6. The molecule has 3 aromatic heterocycles. The number of nitrogens with zero attached hydrogens (tertiary/aromatic N) is 6. The first kappa shape index (κ1) is 15.1. The molecule has 9 heteroatoms. The van der Waals surface area contributed by atoms with Gasteiger partial charge in [-0.2, -0.15) is 4.98 Å². The third kappa shape index (κ3) is 3.50. The Morgan fingerprint density at radius 2 is 2.09 bits per heavy atom. The predicted molar refractivity (Wildman–Crippen MR) is 78.3 cm³/mol. The SMILES string of the molecule is CC(C)CCc1noc(Cn2c(-c3cnccn3)noc2=O)n1. The highest BCUT2D eigenvalue weighted by atomic mass is 16.5. The lowest BCUT2D eigenvalue weighted by atomic mass is 10.1. The first-order valence-electron chi connectivity index (χ1n) is 7.28. The van der Waals surface area contributed by atoms with Crippen LogP contribution in [0, 0.1) is 5.92 Å². The van der Waals surface area contributed by atoms with Crippen LogP contribution in [0.1, 0.15) is 32.0 Å². The van der Waals surface area contributed by atoms with Gasteiger partial charge in [0.05, 0.1) is 6.20 Å². The van der Waals surface area contributed by atoms with E-state index in [1.165, 1.54) is 23.2 Å². The first-order valence-corrected chi connectivity index (χ1v) is 7.28. The van der Waals surface area contributed by atoms with E-state index in [4.69, 9.17) is 9.05 Å². The maximum absolute atomic E-state index is 11.8. The summed E-state index contributed by atoms with van der Waals surface area (Å²) in [6, 6.07) is 0. The van der Waals surface area contributed by atoms with Gasteiger partial charge in [-0.15, -0.1) is 0 Å². The summed E-state index contributed by atoms with van der Waals surface area (Å²) in [6.07, 6.45) is 6.24. The molecule has 3 aromatic rings. The van der Waals surface area contributed by atoms with Gasteiger partial charge in [0.2, 0.25) is 11.7 Å². The summed E-state index contributed by atoms with van der Waals surface area (Å²) in [6.45, 7) is 4.33. The molecular formula is C14H16N6O3. The first-order chi connectivity index (χ1) is 11.1. The molecule has 0 fully saturated rings. The second-order valence-electron chi connectivity index (χ2n) is 5.49. The van der Waals surface area contributed by atoms with Crippen LogP contribution in [0.25, 0.3) is 11.5 Å². The standard InChI is InChI=1S/C14H16N6O3/c1-9(2)3-4-11-17-12(22-18-11)8-20-13(19-23-14(20)21)10-7-15-5-6-16-10/h5-7,9H,3-4,8H2,1-2H3. The molecule has 3 rings (SSSR count). The Labute approximate surface area is 131 Å². The third-order valence-corrected chi connectivity index (χ3v) is 3.23. The zero-order valence-electron chi connectivity index (χ0n) is 12.8. The molecule has 0 aliphatic carbocycles. The predicted octanol–water partition coefficient (Wildman–Crippen LogP) is 1.31. The molecule has 0 aliphatic heterocycles. The van der Waals surface area contributed by atoms with Crippen molar-refractivity contribution in [2.75, 3.05) is 0 Å². The van der Waals surface area contributed by atoms with E-state index in [2.05, 4.69) is 39.1 Å².